The summed E-state index contributed by atoms with van der Waals surface area (Å²) >= 11 is 0. The number of nitrogens with zero attached hydrogens (tertiary/aromatic N) is 2. The van der Waals surface area contributed by atoms with Crippen LogP contribution in [0.1, 0.15) is 5.56 Å². The molecule has 0 unspecified atom stereocenters. The Bertz CT molecular complexity index is 438. The Balaban J connectivity index is 2.35. The Labute approximate surface area is 92.5 Å². The Hall–Kier alpha value is -2.30. The van der Waals surface area contributed by atoms with Crippen LogP contribution >= 0.6 is 0 Å². The first-order valence-corrected chi connectivity index (χ1v) is 4.57. The van der Waals surface area contributed by atoms with E-state index in [9.17, 15) is 0 Å². The predicted octanol–water partition coefficient (Wildman–Crippen LogP) is 1.67. The van der Waals surface area contributed by atoms with Gasteiger partial charge in [0.2, 0.25) is 0 Å². The summed E-state index contributed by atoms with van der Waals surface area (Å²) in [5.41, 5.74) is 1.80. The molecular weight excluding hydrogens is 208 g/mol. The van der Waals surface area contributed by atoms with Crippen LogP contribution in [-0.2, 0) is 14.7 Å². The van der Waals surface area contributed by atoms with Gasteiger partial charge in [-0.2, -0.15) is 4.99 Å². The van der Waals surface area contributed by atoms with Crippen LogP contribution in [-0.4, -0.2) is 18.5 Å². The van der Waals surface area contributed by atoms with Gasteiger partial charge in [0.15, 0.2) is 0 Å². The first kappa shape index (κ1) is 10.2. The van der Waals surface area contributed by atoms with E-state index in [1.165, 1.54) is 13.4 Å². The van der Waals surface area contributed by atoms with Crippen LogP contribution in [0.15, 0.2) is 46.9 Å². The zero-order chi connectivity index (χ0) is 11.2. The zero-order valence-electron chi connectivity index (χ0n) is 8.58. The largest absolute Gasteiger partial charge is 0.399 e. The van der Waals surface area contributed by atoms with Crippen molar-refractivity contribution in [2.75, 3.05) is 7.11 Å². The Morgan fingerprint density at radius 2 is 2.44 bits per heavy atom. The van der Waals surface area contributed by atoms with Crippen molar-refractivity contribution in [3.05, 3.63) is 48.2 Å². The predicted molar refractivity (Wildman–Crippen MR) is 57.6 cm³/mol. The molecule has 5 heteroatoms. The van der Waals surface area contributed by atoms with Crippen molar-refractivity contribution in [1.29, 1.82) is 0 Å². The highest BCUT2D eigenvalue weighted by atomic mass is 17.3. The molecule has 1 aromatic carbocycles. The van der Waals surface area contributed by atoms with Crippen molar-refractivity contribution in [2.45, 2.75) is 0 Å². The lowest BCUT2D eigenvalue weighted by Gasteiger charge is -2.07. The van der Waals surface area contributed by atoms with E-state index < -0.39 is 0 Å². The third-order valence-electron chi connectivity index (χ3n) is 1.85. The van der Waals surface area contributed by atoms with Gasteiger partial charge in [0, 0.05) is 11.6 Å². The van der Waals surface area contributed by atoms with Crippen LogP contribution in [0.4, 0.5) is 0 Å². The maximum atomic E-state index is 4.77. The van der Waals surface area contributed by atoms with Gasteiger partial charge in [0.05, 0.1) is 0 Å². The molecule has 1 aliphatic heterocycles. The van der Waals surface area contributed by atoms with Crippen LogP contribution in [0.5, 0.6) is 0 Å². The first-order chi connectivity index (χ1) is 7.92. The summed E-state index contributed by atoms with van der Waals surface area (Å²) in [6.07, 6.45) is 3.00. The van der Waals surface area contributed by atoms with Crippen LogP contribution in [0.2, 0.25) is 0 Å². The fourth-order valence-corrected chi connectivity index (χ4v) is 1.20. The lowest BCUT2D eigenvalue weighted by Crippen LogP contribution is -2.16. The maximum absolute atomic E-state index is 4.77. The lowest BCUT2D eigenvalue weighted by atomic mass is 10.1. The van der Waals surface area contributed by atoms with E-state index in [-0.39, 0.29) is 0 Å². The standard InChI is InChI=1S/C11H9N2O3/c1-14-13-11(9-5-3-2-4-6-9)10-7-8-15-16-12-10/h2-5,7-8H,1H3. The highest BCUT2D eigenvalue weighted by Crippen LogP contribution is 2.07. The molecule has 81 valence electrons. The molecule has 1 heterocycles. The Morgan fingerprint density at radius 3 is 3.06 bits per heavy atom. The van der Waals surface area contributed by atoms with Gasteiger partial charge in [0.25, 0.3) is 0 Å². The van der Waals surface area contributed by atoms with Crippen molar-refractivity contribution in [2.24, 2.45) is 10.3 Å². The molecule has 0 aliphatic carbocycles. The lowest BCUT2D eigenvalue weighted by molar-refractivity contribution is -0.251. The number of hydrogen-bond donors (Lipinski definition) is 0. The Kier molecular flexibility index (Phi) is 3.18. The summed E-state index contributed by atoms with van der Waals surface area (Å²) in [6.45, 7) is 0. The molecule has 1 aromatic rings. The molecule has 16 heavy (non-hydrogen) atoms. The molecule has 0 fully saturated rings. The molecule has 0 spiro atoms. The van der Waals surface area contributed by atoms with Crippen molar-refractivity contribution in [3.63, 3.8) is 0 Å². The molecule has 0 atom stereocenters. The monoisotopic (exact) mass is 217 g/mol. The minimum Gasteiger partial charge on any atom is -0.399 e. The van der Waals surface area contributed by atoms with Gasteiger partial charge in [0.1, 0.15) is 24.8 Å². The van der Waals surface area contributed by atoms with Crippen molar-refractivity contribution >= 4 is 11.4 Å². The second-order valence-corrected chi connectivity index (χ2v) is 2.85. The van der Waals surface area contributed by atoms with Gasteiger partial charge >= 0.3 is 0 Å². The van der Waals surface area contributed by atoms with Gasteiger partial charge in [-0.3, -0.25) is 4.89 Å². The van der Waals surface area contributed by atoms with Gasteiger partial charge in [-0.15, -0.1) is 0 Å². The summed E-state index contributed by atoms with van der Waals surface area (Å²) < 4.78 is 0. The van der Waals surface area contributed by atoms with E-state index in [1.54, 1.807) is 12.1 Å². The van der Waals surface area contributed by atoms with E-state index in [2.05, 4.69) is 26.3 Å². The van der Waals surface area contributed by atoms with Crippen LogP contribution < -0.4 is 0 Å². The normalized spacial score (nSPS) is 14.8. The summed E-state index contributed by atoms with van der Waals surface area (Å²) in [5.74, 6) is 0. The molecule has 0 saturated carbocycles. The molecule has 0 bridgehead atoms. The number of hydrogen-bond acceptors (Lipinski definition) is 5. The van der Waals surface area contributed by atoms with Crippen molar-refractivity contribution in [3.8, 4) is 0 Å². The summed E-state index contributed by atoms with van der Waals surface area (Å²) in [7, 11) is 1.47. The molecule has 0 amide bonds. The van der Waals surface area contributed by atoms with E-state index in [0.29, 0.717) is 11.4 Å². The van der Waals surface area contributed by atoms with Gasteiger partial charge in [-0.05, 0) is 11.2 Å². The van der Waals surface area contributed by atoms with Gasteiger partial charge in [-0.25, -0.2) is 0 Å². The molecule has 0 saturated heterocycles. The Morgan fingerprint density at radius 1 is 1.50 bits per heavy atom. The number of oxime groups is 2. The number of benzene rings is 1. The third-order valence-corrected chi connectivity index (χ3v) is 1.85. The fourth-order valence-electron chi connectivity index (χ4n) is 1.20. The van der Waals surface area contributed by atoms with E-state index in [0.717, 1.165) is 5.56 Å². The molecule has 2 rings (SSSR count). The van der Waals surface area contributed by atoms with Crippen LogP contribution in [0, 0.1) is 6.07 Å². The maximum Gasteiger partial charge on any atom is 0.147 e. The van der Waals surface area contributed by atoms with Crippen LogP contribution in [0.25, 0.3) is 0 Å². The average Bonchev–Trinajstić information content (AvgIpc) is 2.38. The molecule has 5 nitrogen and oxygen atoms in total. The second kappa shape index (κ2) is 4.97. The van der Waals surface area contributed by atoms with Gasteiger partial charge < -0.3 is 4.84 Å². The summed E-state index contributed by atoms with van der Waals surface area (Å²) in [4.78, 5) is 13.7. The molecule has 1 aliphatic rings. The van der Waals surface area contributed by atoms with Crippen LogP contribution in [0.3, 0.4) is 0 Å². The molecule has 0 N–H and O–H groups in total. The van der Waals surface area contributed by atoms with E-state index in [4.69, 9.17) is 4.84 Å². The minimum atomic E-state index is 0.510. The van der Waals surface area contributed by atoms with E-state index in [1.807, 2.05) is 18.2 Å². The number of allylic oxidation sites excluding steroid dienone is 1. The average molecular weight is 217 g/mol. The SMILES string of the molecule is CON=C(C1=NOOC=C1)c1[c]cccc1. The minimum absolute atomic E-state index is 0.510. The van der Waals surface area contributed by atoms with Gasteiger partial charge in [-0.1, -0.05) is 29.4 Å². The molecule has 1 radical (unpaired) electrons. The fraction of sp³-hybridized carbons (Fsp3) is 0.0909. The topological polar surface area (TPSA) is 52.4 Å². The quantitative estimate of drug-likeness (QED) is 0.439. The summed E-state index contributed by atoms with van der Waals surface area (Å²) in [5, 5.41) is 7.59. The van der Waals surface area contributed by atoms with Crippen molar-refractivity contribution < 1.29 is 14.7 Å². The number of rotatable bonds is 3. The summed E-state index contributed by atoms with van der Waals surface area (Å²) in [6, 6.07) is 10.4. The molecule has 0 aromatic heterocycles. The van der Waals surface area contributed by atoms with E-state index >= 15 is 0 Å². The third kappa shape index (κ3) is 2.20. The molecular formula is C11H9N2O3. The highest BCUT2D eigenvalue weighted by Gasteiger charge is 2.13. The smallest absolute Gasteiger partial charge is 0.147 e. The zero-order valence-corrected chi connectivity index (χ0v) is 8.58. The second-order valence-electron chi connectivity index (χ2n) is 2.85. The highest BCUT2D eigenvalue weighted by molar-refractivity contribution is 6.51. The van der Waals surface area contributed by atoms with Crippen molar-refractivity contribution in [1.82, 2.24) is 0 Å². The first-order valence-electron chi connectivity index (χ1n) is 4.57.